The molecule has 1 aromatic carbocycles. The third-order valence-corrected chi connectivity index (χ3v) is 4.27. The maximum Gasteiger partial charge on any atom is 0.119 e. The van der Waals surface area contributed by atoms with Gasteiger partial charge in [-0.1, -0.05) is 12.1 Å². The Morgan fingerprint density at radius 3 is 3.05 bits per heavy atom. The zero-order valence-corrected chi connectivity index (χ0v) is 13.0. The molecule has 1 saturated carbocycles. The molecule has 0 bridgehead atoms. The molecule has 1 aliphatic rings. The van der Waals surface area contributed by atoms with E-state index in [1.807, 2.05) is 24.3 Å². The first-order valence-electron chi connectivity index (χ1n) is 7.21. The molecule has 5 heteroatoms. The van der Waals surface area contributed by atoms with Crippen molar-refractivity contribution in [1.82, 2.24) is 10.3 Å². The standard InChI is InChI=1S/C16H20N2O2S/c1-19-15-4-2-3-12(7-15)9-20-10-14-11-21-16(18-14)8-17-13-5-6-13/h2-4,7,11,13,17H,5-6,8-10H2,1H3. The minimum Gasteiger partial charge on any atom is -0.497 e. The fraction of sp³-hybridized carbons (Fsp3) is 0.438. The average molecular weight is 304 g/mol. The van der Waals surface area contributed by atoms with Crippen molar-refractivity contribution >= 4 is 11.3 Å². The second-order valence-electron chi connectivity index (χ2n) is 5.23. The summed E-state index contributed by atoms with van der Waals surface area (Å²) in [6, 6.07) is 8.66. The number of thiazole rings is 1. The van der Waals surface area contributed by atoms with Gasteiger partial charge in [0.2, 0.25) is 0 Å². The number of hydrogen-bond acceptors (Lipinski definition) is 5. The first-order valence-corrected chi connectivity index (χ1v) is 8.09. The lowest BCUT2D eigenvalue weighted by Gasteiger charge is -2.05. The van der Waals surface area contributed by atoms with Crippen LogP contribution in [-0.2, 0) is 24.5 Å². The minimum absolute atomic E-state index is 0.553. The predicted molar refractivity (Wildman–Crippen MR) is 83.5 cm³/mol. The van der Waals surface area contributed by atoms with E-state index in [1.165, 1.54) is 12.8 Å². The quantitative estimate of drug-likeness (QED) is 0.814. The Morgan fingerprint density at radius 1 is 1.33 bits per heavy atom. The summed E-state index contributed by atoms with van der Waals surface area (Å²) in [4.78, 5) is 4.58. The number of benzene rings is 1. The van der Waals surface area contributed by atoms with Crippen molar-refractivity contribution < 1.29 is 9.47 Å². The highest BCUT2D eigenvalue weighted by Crippen LogP contribution is 2.20. The van der Waals surface area contributed by atoms with Crippen LogP contribution in [0.5, 0.6) is 5.75 Å². The van der Waals surface area contributed by atoms with Crippen LogP contribution < -0.4 is 10.1 Å². The van der Waals surface area contributed by atoms with Gasteiger partial charge >= 0.3 is 0 Å². The molecule has 0 atom stereocenters. The molecule has 112 valence electrons. The topological polar surface area (TPSA) is 43.4 Å². The number of methoxy groups -OCH3 is 1. The number of rotatable bonds is 8. The minimum atomic E-state index is 0.553. The van der Waals surface area contributed by atoms with E-state index >= 15 is 0 Å². The molecule has 4 nitrogen and oxygen atoms in total. The van der Waals surface area contributed by atoms with Crippen LogP contribution in [0.3, 0.4) is 0 Å². The van der Waals surface area contributed by atoms with Gasteiger partial charge in [-0.05, 0) is 30.5 Å². The van der Waals surface area contributed by atoms with Crippen molar-refractivity contribution in [2.75, 3.05) is 7.11 Å². The summed E-state index contributed by atoms with van der Waals surface area (Å²) in [6.07, 6.45) is 2.61. The number of nitrogens with zero attached hydrogens (tertiary/aromatic N) is 1. The van der Waals surface area contributed by atoms with Gasteiger partial charge < -0.3 is 14.8 Å². The maximum absolute atomic E-state index is 5.72. The molecule has 1 aliphatic carbocycles. The lowest BCUT2D eigenvalue weighted by molar-refractivity contribution is 0.105. The van der Waals surface area contributed by atoms with Gasteiger partial charge in [0, 0.05) is 18.0 Å². The van der Waals surface area contributed by atoms with Crippen LogP contribution in [0, 0.1) is 0 Å². The van der Waals surface area contributed by atoms with Crippen LogP contribution in [0.15, 0.2) is 29.6 Å². The van der Waals surface area contributed by atoms with Gasteiger partial charge in [-0.2, -0.15) is 0 Å². The van der Waals surface area contributed by atoms with Crippen molar-refractivity contribution in [1.29, 1.82) is 0 Å². The summed E-state index contributed by atoms with van der Waals surface area (Å²) >= 11 is 1.70. The SMILES string of the molecule is COc1cccc(COCc2csc(CNC3CC3)n2)c1. The normalized spacial score (nSPS) is 14.3. The third kappa shape index (κ3) is 4.52. The summed E-state index contributed by atoms with van der Waals surface area (Å²) in [5.41, 5.74) is 2.12. The number of ether oxygens (including phenoxy) is 2. The second-order valence-corrected chi connectivity index (χ2v) is 6.17. The van der Waals surface area contributed by atoms with Crippen LogP contribution in [0.25, 0.3) is 0 Å². The van der Waals surface area contributed by atoms with E-state index in [-0.39, 0.29) is 0 Å². The molecular weight excluding hydrogens is 284 g/mol. The highest BCUT2D eigenvalue weighted by Gasteiger charge is 2.20. The number of hydrogen-bond donors (Lipinski definition) is 1. The predicted octanol–water partition coefficient (Wildman–Crippen LogP) is 3.12. The van der Waals surface area contributed by atoms with Crippen molar-refractivity contribution in [2.45, 2.75) is 38.6 Å². The molecule has 0 spiro atoms. The van der Waals surface area contributed by atoms with Gasteiger partial charge in [0.25, 0.3) is 0 Å². The third-order valence-electron chi connectivity index (χ3n) is 3.37. The van der Waals surface area contributed by atoms with Crippen molar-refractivity contribution in [3.05, 3.63) is 45.9 Å². The van der Waals surface area contributed by atoms with Gasteiger partial charge in [-0.15, -0.1) is 11.3 Å². The lowest BCUT2D eigenvalue weighted by Crippen LogP contribution is -2.15. The molecule has 0 unspecified atom stereocenters. The van der Waals surface area contributed by atoms with Gasteiger partial charge in [0.15, 0.2) is 0 Å². The molecule has 1 heterocycles. The van der Waals surface area contributed by atoms with E-state index in [0.717, 1.165) is 34.6 Å². The highest BCUT2D eigenvalue weighted by atomic mass is 32.1. The Kier molecular flexibility index (Phi) is 4.85. The molecule has 0 saturated heterocycles. The Labute approximate surface area is 129 Å². The van der Waals surface area contributed by atoms with Crippen LogP contribution in [0.4, 0.5) is 0 Å². The van der Waals surface area contributed by atoms with Gasteiger partial charge in [0.05, 0.1) is 26.0 Å². The Morgan fingerprint density at radius 2 is 2.24 bits per heavy atom. The summed E-state index contributed by atoms with van der Waals surface area (Å²) in [6.45, 7) is 2.01. The largest absolute Gasteiger partial charge is 0.497 e. The summed E-state index contributed by atoms with van der Waals surface area (Å²) < 4.78 is 10.9. The van der Waals surface area contributed by atoms with Crippen LogP contribution in [0.2, 0.25) is 0 Å². The molecule has 0 radical (unpaired) electrons. The molecule has 21 heavy (non-hydrogen) atoms. The molecule has 1 fully saturated rings. The monoisotopic (exact) mass is 304 g/mol. The molecule has 0 amide bonds. The van der Waals surface area contributed by atoms with Gasteiger partial charge in [-0.25, -0.2) is 4.98 Å². The lowest BCUT2D eigenvalue weighted by atomic mass is 10.2. The van der Waals surface area contributed by atoms with Gasteiger partial charge in [0.1, 0.15) is 10.8 Å². The Hall–Kier alpha value is -1.43. The fourth-order valence-electron chi connectivity index (χ4n) is 2.05. The Balaban J connectivity index is 1.43. The zero-order chi connectivity index (χ0) is 14.5. The zero-order valence-electron chi connectivity index (χ0n) is 12.2. The van der Waals surface area contributed by atoms with Crippen molar-refractivity contribution in [2.24, 2.45) is 0 Å². The first kappa shape index (κ1) is 14.5. The highest BCUT2D eigenvalue weighted by molar-refractivity contribution is 7.09. The first-order chi connectivity index (χ1) is 10.3. The fourth-order valence-corrected chi connectivity index (χ4v) is 2.78. The van der Waals surface area contributed by atoms with Crippen molar-refractivity contribution in [3.8, 4) is 5.75 Å². The summed E-state index contributed by atoms with van der Waals surface area (Å²) in [5, 5.41) is 6.69. The van der Waals surface area contributed by atoms with E-state index in [0.29, 0.717) is 13.2 Å². The van der Waals surface area contributed by atoms with Gasteiger partial charge in [-0.3, -0.25) is 0 Å². The Bertz CT molecular complexity index is 581. The number of aromatic nitrogens is 1. The van der Waals surface area contributed by atoms with E-state index in [1.54, 1.807) is 18.4 Å². The smallest absolute Gasteiger partial charge is 0.119 e. The van der Waals surface area contributed by atoms with Crippen LogP contribution in [0.1, 0.15) is 29.1 Å². The molecule has 2 aromatic rings. The summed E-state index contributed by atoms with van der Waals surface area (Å²) in [7, 11) is 1.67. The molecule has 0 aliphatic heterocycles. The van der Waals surface area contributed by atoms with E-state index in [4.69, 9.17) is 9.47 Å². The van der Waals surface area contributed by atoms with E-state index < -0.39 is 0 Å². The molecule has 1 aromatic heterocycles. The van der Waals surface area contributed by atoms with Crippen molar-refractivity contribution in [3.63, 3.8) is 0 Å². The maximum atomic E-state index is 5.72. The average Bonchev–Trinajstić information content (AvgIpc) is 3.24. The van der Waals surface area contributed by atoms with E-state index in [2.05, 4.69) is 15.7 Å². The molecular formula is C16H20N2O2S. The second kappa shape index (κ2) is 7.02. The summed E-state index contributed by atoms with van der Waals surface area (Å²) in [5.74, 6) is 0.859. The van der Waals surface area contributed by atoms with Crippen LogP contribution in [-0.4, -0.2) is 18.1 Å². The molecule has 3 rings (SSSR count). The van der Waals surface area contributed by atoms with E-state index in [9.17, 15) is 0 Å². The number of nitrogens with one attached hydrogen (secondary N) is 1. The molecule has 1 N–H and O–H groups in total. The van der Waals surface area contributed by atoms with Crippen LogP contribution >= 0.6 is 11.3 Å².